The number of hydrogen-bond acceptors (Lipinski definition) is 0. The average molecular weight is 333 g/mol. The fourth-order valence-electron chi connectivity index (χ4n) is 2.90. The van der Waals surface area contributed by atoms with Gasteiger partial charge >= 0.3 is 134 Å². The molecule has 0 spiro atoms. The van der Waals surface area contributed by atoms with Gasteiger partial charge in [-0.15, -0.1) is 0 Å². The third-order valence-corrected chi connectivity index (χ3v) is 7.11. The van der Waals surface area contributed by atoms with Gasteiger partial charge in [0, 0.05) is 0 Å². The Balaban J connectivity index is 2.62. The van der Waals surface area contributed by atoms with E-state index in [0.29, 0.717) is 0 Å². The number of hydrogen-bond donors (Lipinski definition) is 0. The number of rotatable bonds is 1. The van der Waals surface area contributed by atoms with E-state index in [1.807, 2.05) is 0 Å². The molecule has 0 fully saturated rings. The van der Waals surface area contributed by atoms with Crippen LogP contribution in [-0.4, -0.2) is 0 Å². The van der Waals surface area contributed by atoms with Crippen LogP contribution in [0, 0.1) is 10.8 Å². The first-order chi connectivity index (χ1) is 8.57. The van der Waals surface area contributed by atoms with Crippen molar-refractivity contribution in [2.24, 2.45) is 10.8 Å². The van der Waals surface area contributed by atoms with Crippen LogP contribution in [0.5, 0.6) is 0 Å². The number of allylic oxidation sites excluding steroid dienone is 8. The molecule has 0 nitrogen and oxygen atoms in total. The Kier molecular flexibility index (Phi) is 3.76. The van der Waals surface area contributed by atoms with Crippen LogP contribution in [0.3, 0.4) is 0 Å². The maximum atomic E-state index is 2.47. The molecule has 2 aliphatic rings. The van der Waals surface area contributed by atoms with Crippen molar-refractivity contribution in [3.05, 3.63) is 47.1 Å². The first-order valence-electron chi connectivity index (χ1n) is 7.13. The van der Waals surface area contributed by atoms with Gasteiger partial charge in [0.2, 0.25) is 0 Å². The van der Waals surface area contributed by atoms with E-state index in [2.05, 4.69) is 71.9 Å². The van der Waals surface area contributed by atoms with E-state index in [4.69, 9.17) is 0 Å². The van der Waals surface area contributed by atoms with Crippen molar-refractivity contribution in [2.45, 2.75) is 51.1 Å². The summed E-state index contributed by atoms with van der Waals surface area (Å²) in [7, 11) is 0. The van der Waals surface area contributed by atoms with Gasteiger partial charge in [0.25, 0.3) is 0 Å². The zero-order valence-electron chi connectivity index (χ0n) is 13.1. The molecular weight excluding hydrogens is 307 g/mol. The van der Waals surface area contributed by atoms with Gasteiger partial charge in [-0.3, -0.25) is 0 Å². The predicted molar refractivity (Wildman–Crippen MR) is 79.6 cm³/mol. The van der Waals surface area contributed by atoms with Crippen molar-refractivity contribution in [1.82, 2.24) is 0 Å². The summed E-state index contributed by atoms with van der Waals surface area (Å²) in [5, 5.41) is 0. The van der Waals surface area contributed by atoms with Crippen molar-refractivity contribution >= 4 is 0 Å². The summed E-state index contributed by atoms with van der Waals surface area (Å²) in [6.45, 7) is 14.1. The van der Waals surface area contributed by atoms with E-state index in [1.54, 1.807) is 30.3 Å². The van der Waals surface area contributed by atoms with E-state index in [1.165, 1.54) is 11.1 Å². The standard InChI is InChI=1S/C18H25.Zr/c1-17(2,3)14-11-12-15(18(4,5)6)16(14)13-9-7-8-10-13;/h7-9,11-12H,10H2,1-6H3;. The van der Waals surface area contributed by atoms with Gasteiger partial charge in [-0.1, -0.05) is 0 Å². The topological polar surface area (TPSA) is 0 Å². The van der Waals surface area contributed by atoms with Gasteiger partial charge in [0.15, 0.2) is 0 Å². The molecule has 19 heavy (non-hydrogen) atoms. The van der Waals surface area contributed by atoms with Crippen LogP contribution in [0.15, 0.2) is 47.1 Å². The zero-order chi connectivity index (χ0) is 14.5. The van der Waals surface area contributed by atoms with E-state index in [0.717, 1.165) is 6.42 Å². The Labute approximate surface area is 133 Å². The fraction of sp³-hybridized carbons (Fsp3) is 0.556. The maximum absolute atomic E-state index is 2.47. The van der Waals surface area contributed by atoms with Crippen molar-refractivity contribution in [3.8, 4) is 0 Å². The molecule has 0 amide bonds. The zero-order valence-corrected chi connectivity index (χ0v) is 15.6. The van der Waals surface area contributed by atoms with Gasteiger partial charge in [0.1, 0.15) is 0 Å². The van der Waals surface area contributed by atoms with Crippen molar-refractivity contribution in [2.75, 3.05) is 0 Å². The van der Waals surface area contributed by atoms with Crippen LogP contribution in [0.1, 0.15) is 48.0 Å². The molecule has 101 valence electrons. The second kappa shape index (κ2) is 4.69. The molecule has 0 aliphatic heterocycles. The van der Waals surface area contributed by atoms with E-state index in [9.17, 15) is 0 Å². The van der Waals surface area contributed by atoms with Crippen molar-refractivity contribution in [3.63, 3.8) is 0 Å². The van der Waals surface area contributed by atoms with Crippen LogP contribution in [0.25, 0.3) is 0 Å². The van der Waals surface area contributed by atoms with Crippen LogP contribution in [0.4, 0.5) is 0 Å². The quantitative estimate of drug-likeness (QED) is 0.591. The summed E-state index contributed by atoms with van der Waals surface area (Å²) in [4.78, 5) is 0. The van der Waals surface area contributed by atoms with Crippen LogP contribution in [0.2, 0.25) is 3.12 Å². The second-order valence-corrected chi connectivity index (χ2v) is 9.69. The van der Waals surface area contributed by atoms with Gasteiger partial charge in [-0.2, -0.15) is 0 Å². The molecule has 1 heteroatoms. The van der Waals surface area contributed by atoms with Crippen LogP contribution >= 0.6 is 0 Å². The third-order valence-electron chi connectivity index (χ3n) is 4.25. The molecule has 1 atom stereocenters. The molecule has 0 N–H and O–H groups in total. The normalized spacial score (nSPS) is 27.3. The fourth-order valence-corrected chi connectivity index (χ4v) is 3.83. The van der Waals surface area contributed by atoms with Crippen LogP contribution in [-0.2, 0) is 24.7 Å². The molecule has 0 saturated carbocycles. The summed E-state index contributed by atoms with van der Waals surface area (Å²) < 4.78 is 0.222. The summed E-state index contributed by atoms with van der Waals surface area (Å²) in [6.07, 6.45) is 12.8. The Morgan fingerprint density at radius 3 is 2.16 bits per heavy atom. The van der Waals surface area contributed by atoms with Gasteiger partial charge in [0.05, 0.1) is 0 Å². The summed E-state index contributed by atoms with van der Waals surface area (Å²) in [5.41, 5.74) is 5.17. The molecule has 0 aromatic heterocycles. The molecule has 0 radical (unpaired) electrons. The molecule has 2 rings (SSSR count). The van der Waals surface area contributed by atoms with E-state index >= 15 is 0 Å². The molecular formula is C18H25Zr. The minimum absolute atomic E-state index is 0.221. The molecule has 0 aromatic rings. The van der Waals surface area contributed by atoms with Gasteiger partial charge < -0.3 is 0 Å². The summed E-state index contributed by atoms with van der Waals surface area (Å²) in [5.74, 6) is 0. The van der Waals surface area contributed by atoms with E-state index in [-0.39, 0.29) is 14.0 Å². The summed E-state index contributed by atoms with van der Waals surface area (Å²) in [6, 6.07) is 0. The molecule has 0 saturated heterocycles. The monoisotopic (exact) mass is 331 g/mol. The predicted octanol–water partition coefficient (Wildman–Crippen LogP) is 5.54. The second-order valence-electron chi connectivity index (χ2n) is 7.75. The average Bonchev–Trinajstić information content (AvgIpc) is 2.81. The Hall–Kier alpha value is -0.157. The Bertz CT molecular complexity index is 501. The third kappa shape index (κ3) is 2.56. The molecule has 0 heterocycles. The molecule has 0 aromatic carbocycles. The molecule has 2 aliphatic carbocycles. The Morgan fingerprint density at radius 1 is 1.11 bits per heavy atom. The van der Waals surface area contributed by atoms with Gasteiger partial charge in [-0.05, 0) is 0 Å². The molecule has 0 bridgehead atoms. The first kappa shape index (κ1) is 15.2. The first-order valence-corrected chi connectivity index (χ1v) is 8.36. The van der Waals surface area contributed by atoms with Crippen molar-refractivity contribution < 1.29 is 24.7 Å². The Morgan fingerprint density at radius 2 is 1.74 bits per heavy atom. The van der Waals surface area contributed by atoms with Gasteiger partial charge in [-0.25, -0.2) is 0 Å². The van der Waals surface area contributed by atoms with Crippen molar-refractivity contribution in [1.29, 1.82) is 0 Å². The van der Waals surface area contributed by atoms with E-state index < -0.39 is 0 Å². The molecule has 1 unspecified atom stereocenters. The SMILES string of the molecule is CC(C)(C)C1=C(C2=CC=CC2)[C]([Zr])(C(C)(C)C)C=C1. The van der Waals surface area contributed by atoms with Crippen LogP contribution < -0.4 is 0 Å². The minimum atomic E-state index is 0.221. The summed E-state index contributed by atoms with van der Waals surface area (Å²) >= 11 is 1.60.